The highest BCUT2D eigenvalue weighted by Crippen LogP contribution is 1.95. The van der Waals surface area contributed by atoms with Crippen molar-refractivity contribution in [3.8, 4) is 0 Å². The number of aliphatic hydroxyl groups excluding tert-OH is 1. The lowest BCUT2D eigenvalue weighted by Crippen LogP contribution is -2.34. The number of aromatic nitrogens is 2. The largest absolute Gasteiger partial charge is 0.480 e. The molecule has 0 spiro atoms. The highest BCUT2D eigenvalue weighted by atomic mass is 16.4. The molecular weight excluding hydrogens is 368 g/mol. The zero-order chi connectivity index (χ0) is 21.6. The molecule has 0 aliphatic heterocycles. The van der Waals surface area contributed by atoms with E-state index in [1.807, 2.05) is 0 Å². The number of carboxylic acids is 3. The summed E-state index contributed by atoms with van der Waals surface area (Å²) in [4.78, 5) is 46.3. The first-order valence-corrected chi connectivity index (χ1v) is 7.23. The Morgan fingerprint density at radius 2 is 1.44 bits per heavy atom. The van der Waals surface area contributed by atoms with E-state index in [0.717, 1.165) is 5.69 Å². The molecule has 14 nitrogen and oxygen atoms in total. The Labute approximate surface area is 153 Å². The topological polar surface area (TPSA) is 282 Å². The quantitative estimate of drug-likeness (QED) is 0.205. The molecule has 3 unspecified atom stereocenters. The van der Waals surface area contributed by atoms with E-state index in [0.29, 0.717) is 0 Å². The number of nitrogens with two attached hydrogens (primary N) is 4. The fourth-order valence-electron chi connectivity index (χ4n) is 1.10. The Kier molecular flexibility index (Phi) is 13.7. The van der Waals surface area contributed by atoms with E-state index in [1.165, 1.54) is 6.33 Å². The lowest BCUT2D eigenvalue weighted by molar-refractivity contribution is -0.140. The molecule has 0 saturated carbocycles. The maximum atomic E-state index is 10.3. The minimum atomic E-state index is -1.21. The molecule has 0 aliphatic carbocycles. The van der Waals surface area contributed by atoms with Crippen LogP contribution in [0.25, 0.3) is 0 Å². The van der Waals surface area contributed by atoms with E-state index in [4.69, 9.17) is 37.6 Å². The van der Waals surface area contributed by atoms with Crippen LogP contribution in [0.2, 0.25) is 0 Å². The zero-order valence-corrected chi connectivity index (χ0v) is 14.2. The second kappa shape index (κ2) is 14.1. The summed E-state index contributed by atoms with van der Waals surface area (Å²) in [5, 5.41) is 32.4. The van der Waals surface area contributed by atoms with Crippen LogP contribution in [0.3, 0.4) is 0 Å². The van der Waals surface area contributed by atoms with E-state index in [2.05, 4.69) is 15.7 Å². The van der Waals surface area contributed by atoms with Crippen molar-refractivity contribution in [1.82, 2.24) is 9.97 Å². The van der Waals surface area contributed by atoms with Gasteiger partial charge in [-0.05, 0) is 0 Å². The van der Waals surface area contributed by atoms with Gasteiger partial charge in [-0.1, -0.05) is 0 Å². The third-order valence-corrected chi connectivity index (χ3v) is 2.56. The Bertz CT molecular complexity index is 594. The van der Waals surface area contributed by atoms with Gasteiger partial charge in [0.1, 0.15) is 18.1 Å². The predicted molar refractivity (Wildman–Crippen MR) is 90.0 cm³/mol. The number of primary amides is 1. The van der Waals surface area contributed by atoms with Gasteiger partial charge in [0.25, 0.3) is 0 Å². The normalized spacial score (nSPS) is 12.9. The summed E-state index contributed by atoms with van der Waals surface area (Å²) in [6.07, 6.45) is 3.03. The number of aliphatic hydroxyl groups is 1. The average molecular weight is 392 g/mol. The Morgan fingerprint density at radius 3 is 1.67 bits per heavy atom. The van der Waals surface area contributed by atoms with Gasteiger partial charge >= 0.3 is 17.9 Å². The van der Waals surface area contributed by atoms with Crippen molar-refractivity contribution < 1.29 is 39.6 Å². The molecule has 27 heavy (non-hydrogen) atoms. The molecule has 154 valence electrons. The van der Waals surface area contributed by atoms with Gasteiger partial charge in [-0.2, -0.15) is 0 Å². The Morgan fingerprint density at radius 1 is 0.963 bits per heavy atom. The number of amides is 1. The van der Waals surface area contributed by atoms with E-state index in [9.17, 15) is 19.2 Å². The van der Waals surface area contributed by atoms with Crippen molar-refractivity contribution in [2.24, 2.45) is 22.9 Å². The van der Waals surface area contributed by atoms with E-state index < -0.39 is 48.5 Å². The second-order valence-corrected chi connectivity index (χ2v) is 4.97. The van der Waals surface area contributed by atoms with Gasteiger partial charge in [0.15, 0.2) is 0 Å². The highest BCUT2D eigenvalue weighted by Gasteiger charge is 2.13. The monoisotopic (exact) mass is 392 g/mol. The number of carbonyl (C=O) groups is 4. The number of imidazole rings is 1. The summed E-state index contributed by atoms with van der Waals surface area (Å²) in [6, 6.07) is -3.14. The van der Waals surface area contributed by atoms with Crippen molar-refractivity contribution in [1.29, 1.82) is 0 Å². The first-order chi connectivity index (χ1) is 12.4. The molecule has 14 heteroatoms. The number of nitrogens with zero attached hydrogens (tertiary/aromatic N) is 1. The number of aromatic amines is 1. The molecule has 0 saturated heterocycles. The predicted octanol–water partition coefficient (Wildman–Crippen LogP) is -3.97. The number of rotatable bonds is 8. The molecule has 13 N–H and O–H groups in total. The number of aliphatic carboxylic acids is 3. The number of H-pyrrole nitrogens is 1. The average Bonchev–Trinajstić information content (AvgIpc) is 3.07. The molecule has 0 radical (unpaired) electrons. The fourth-order valence-corrected chi connectivity index (χ4v) is 1.10. The van der Waals surface area contributed by atoms with Crippen molar-refractivity contribution in [3.05, 3.63) is 18.2 Å². The molecule has 3 atom stereocenters. The summed E-state index contributed by atoms with van der Waals surface area (Å²) in [5.74, 6) is -4.10. The van der Waals surface area contributed by atoms with Crippen LogP contribution in [0, 0.1) is 0 Å². The number of carbonyl (C=O) groups excluding carboxylic acids is 1. The summed E-state index contributed by atoms with van der Waals surface area (Å²) < 4.78 is 0. The third kappa shape index (κ3) is 14.9. The highest BCUT2D eigenvalue weighted by molar-refractivity contribution is 5.83. The van der Waals surface area contributed by atoms with Crippen LogP contribution in [0.15, 0.2) is 12.5 Å². The summed E-state index contributed by atoms with van der Waals surface area (Å²) in [5.41, 5.74) is 20.3. The third-order valence-electron chi connectivity index (χ3n) is 2.56. The van der Waals surface area contributed by atoms with Crippen molar-refractivity contribution in [2.45, 2.75) is 31.0 Å². The maximum absolute atomic E-state index is 10.3. The minimum absolute atomic E-state index is 0.287. The van der Waals surface area contributed by atoms with Crippen LogP contribution < -0.4 is 22.9 Å². The van der Waals surface area contributed by atoms with Gasteiger partial charge in [0.05, 0.1) is 19.4 Å². The van der Waals surface area contributed by atoms with Gasteiger partial charge in [-0.15, -0.1) is 0 Å². The first-order valence-electron chi connectivity index (χ1n) is 7.23. The maximum Gasteiger partial charge on any atom is 0.322 e. The molecule has 1 heterocycles. The molecule has 0 fully saturated rings. The Hall–Kier alpha value is -3.07. The van der Waals surface area contributed by atoms with Crippen LogP contribution >= 0.6 is 0 Å². The van der Waals surface area contributed by atoms with Crippen LogP contribution in [0.5, 0.6) is 0 Å². The molecule has 1 aromatic heterocycles. The van der Waals surface area contributed by atoms with Gasteiger partial charge in [-0.25, -0.2) is 4.98 Å². The van der Waals surface area contributed by atoms with Crippen molar-refractivity contribution >= 4 is 23.8 Å². The van der Waals surface area contributed by atoms with Gasteiger partial charge in [-0.3, -0.25) is 19.2 Å². The smallest absolute Gasteiger partial charge is 0.322 e. The molecule has 0 aromatic carbocycles. The SMILES string of the molecule is NC(=O)CC(N)C(=O)O.NC(CO)C(=O)O.NC(Cc1cnc[nH]1)C(=O)O. The second-order valence-electron chi connectivity index (χ2n) is 4.97. The molecular formula is C13H24N6O8. The number of carboxylic acid groups (broad SMARTS) is 3. The van der Waals surface area contributed by atoms with E-state index in [-0.39, 0.29) is 12.8 Å². The van der Waals surface area contributed by atoms with Gasteiger partial charge in [0, 0.05) is 18.3 Å². The van der Waals surface area contributed by atoms with Crippen molar-refractivity contribution in [2.75, 3.05) is 6.61 Å². The minimum Gasteiger partial charge on any atom is -0.480 e. The molecule has 0 aliphatic rings. The number of nitrogens with one attached hydrogen (secondary N) is 1. The zero-order valence-electron chi connectivity index (χ0n) is 14.2. The van der Waals surface area contributed by atoms with Crippen LogP contribution in [-0.4, -0.2) is 78.9 Å². The molecule has 1 aromatic rings. The van der Waals surface area contributed by atoms with E-state index >= 15 is 0 Å². The van der Waals surface area contributed by atoms with Gasteiger partial charge < -0.3 is 48.3 Å². The lowest BCUT2D eigenvalue weighted by atomic mass is 10.2. The Balaban J connectivity index is 0. The number of hydrogen-bond donors (Lipinski definition) is 9. The first kappa shape index (κ1) is 26.2. The lowest BCUT2D eigenvalue weighted by Gasteiger charge is -2.02. The molecule has 1 rings (SSSR count). The van der Waals surface area contributed by atoms with Crippen LogP contribution in [0.1, 0.15) is 12.1 Å². The fraction of sp³-hybridized carbons (Fsp3) is 0.462. The standard InChI is InChI=1S/C6H9N3O2.C4H8N2O3.C3H7NO3/c7-5(6(10)11)1-4-2-8-3-9-4;5-2(4(8)9)1-3(6)7;4-2(1-5)3(6)7/h2-3,5H,1,7H2,(H,8,9)(H,10,11);2H,1,5H2,(H2,6,7)(H,8,9);2,5H,1,4H2,(H,6,7). The summed E-state index contributed by atoms with van der Waals surface area (Å²) in [6.45, 7) is -0.505. The van der Waals surface area contributed by atoms with Crippen LogP contribution in [0.4, 0.5) is 0 Å². The van der Waals surface area contributed by atoms with Crippen LogP contribution in [-0.2, 0) is 25.6 Å². The molecule has 1 amide bonds. The number of hydrogen-bond acceptors (Lipinski definition) is 9. The molecule has 0 bridgehead atoms. The van der Waals surface area contributed by atoms with Gasteiger partial charge in [0.2, 0.25) is 5.91 Å². The van der Waals surface area contributed by atoms with Crippen molar-refractivity contribution in [3.63, 3.8) is 0 Å². The summed E-state index contributed by atoms with van der Waals surface area (Å²) in [7, 11) is 0. The van der Waals surface area contributed by atoms with E-state index in [1.54, 1.807) is 6.20 Å². The summed E-state index contributed by atoms with van der Waals surface area (Å²) >= 11 is 0.